The van der Waals surface area contributed by atoms with Crippen molar-refractivity contribution >= 4 is 11.0 Å². The Morgan fingerprint density at radius 2 is 1.79 bits per heavy atom. The van der Waals surface area contributed by atoms with E-state index in [-0.39, 0.29) is 0 Å². The van der Waals surface area contributed by atoms with Crippen molar-refractivity contribution in [2.24, 2.45) is 7.05 Å². The van der Waals surface area contributed by atoms with Crippen LogP contribution in [0, 0.1) is 6.92 Å². The quantitative estimate of drug-likeness (QED) is 0.761. The van der Waals surface area contributed by atoms with Crippen molar-refractivity contribution in [2.75, 3.05) is 0 Å². The van der Waals surface area contributed by atoms with Crippen LogP contribution in [-0.4, -0.2) is 14.7 Å². The van der Waals surface area contributed by atoms with Crippen LogP contribution in [0.15, 0.2) is 48.5 Å². The summed E-state index contributed by atoms with van der Waals surface area (Å²) < 4.78 is 2.04. The lowest BCUT2D eigenvalue weighted by Crippen LogP contribution is -1.99. The van der Waals surface area contributed by atoms with E-state index in [9.17, 15) is 5.11 Å². The molecule has 1 atom stereocenters. The van der Waals surface area contributed by atoms with Crippen LogP contribution in [0.1, 0.15) is 23.1 Å². The van der Waals surface area contributed by atoms with E-state index in [0.717, 1.165) is 28.0 Å². The van der Waals surface area contributed by atoms with Gasteiger partial charge in [-0.2, -0.15) is 0 Å². The Morgan fingerprint density at radius 3 is 2.53 bits per heavy atom. The van der Waals surface area contributed by atoms with Crippen LogP contribution in [-0.2, 0) is 7.05 Å². The van der Waals surface area contributed by atoms with E-state index in [1.54, 1.807) is 0 Å². The zero-order valence-corrected chi connectivity index (χ0v) is 11.0. The zero-order valence-electron chi connectivity index (χ0n) is 11.0. The van der Waals surface area contributed by atoms with Gasteiger partial charge in [-0.05, 0) is 30.2 Å². The highest BCUT2D eigenvalue weighted by atomic mass is 16.3. The Hall–Kier alpha value is -2.13. The Bertz CT molecular complexity index is 716. The van der Waals surface area contributed by atoms with Crippen LogP contribution in [0.3, 0.4) is 0 Å². The first-order valence-corrected chi connectivity index (χ1v) is 6.33. The lowest BCUT2D eigenvalue weighted by molar-refractivity contribution is 0.220. The molecule has 2 aromatic carbocycles. The molecule has 1 N–H and O–H groups in total. The van der Waals surface area contributed by atoms with Gasteiger partial charge in [-0.25, -0.2) is 4.98 Å². The molecule has 0 bridgehead atoms. The van der Waals surface area contributed by atoms with Crippen LogP contribution >= 0.6 is 0 Å². The summed E-state index contributed by atoms with van der Waals surface area (Å²) >= 11 is 0. The monoisotopic (exact) mass is 252 g/mol. The Morgan fingerprint density at radius 1 is 1.05 bits per heavy atom. The van der Waals surface area contributed by atoms with E-state index in [0.29, 0.717) is 0 Å². The summed E-state index contributed by atoms with van der Waals surface area (Å²) in [5.74, 6) is 0.973. The maximum absolute atomic E-state index is 10.4. The molecule has 19 heavy (non-hydrogen) atoms. The van der Waals surface area contributed by atoms with Gasteiger partial charge in [-0.1, -0.05) is 36.4 Å². The molecular weight excluding hydrogens is 236 g/mol. The minimum atomic E-state index is -0.596. The standard InChI is InChI=1S/C16H16N2O/c1-11-17-14-9-8-13(10-15(14)18(11)2)16(19)12-6-4-3-5-7-12/h3-10,16,19H,1-2H3. The number of aryl methyl sites for hydroxylation is 2. The molecule has 3 nitrogen and oxygen atoms in total. The SMILES string of the molecule is Cc1nc2ccc(C(O)c3ccccc3)cc2n1C. The fourth-order valence-corrected chi connectivity index (χ4v) is 2.33. The summed E-state index contributed by atoms with van der Waals surface area (Å²) in [5.41, 5.74) is 3.80. The first-order chi connectivity index (χ1) is 9.16. The molecule has 3 heteroatoms. The number of hydrogen-bond donors (Lipinski definition) is 1. The molecule has 0 saturated heterocycles. The Kier molecular flexibility index (Phi) is 2.84. The van der Waals surface area contributed by atoms with Crippen molar-refractivity contribution in [2.45, 2.75) is 13.0 Å². The van der Waals surface area contributed by atoms with Gasteiger partial charge in [-0.3, -0.25) is 0 Å². The largest absolute Gasteiger partial charge is 0.384 e. The average molecular weight is 252 g/mol. The normalized spacial score (nSPS) is 12.8. The Balaban J connectivity index is 2.08. The van der Waals surface area contributed by atoms with E-state index >= 15 is 0 Å². The maximum Gasteiger partial charge on any atom is 0.106 e. The van der Waals surface area contributed by atoms with Gasteiger partial charge in [0.25, 0.3) is 0 Å². The fourth-order valence-electron chi connectivity index (χ4n) is 2.33. The lowest BCUT2D eigenvalue weighted by atomic mass is 10.0. The molecule has 96 valence electrons. The minimum Gasteiger partial charge on any atom is -0.384 e. The highest BCUT2D eigenvalue weighted by Gasteiger charge is 2.12. The van der Waals surface area contributed by atoms with Gasteiger partial charge in [0.1, 0.15) is 11.9 Å². The summed E-state index contributed by atoms with van der Waals surface area (Å²) in [5, 5.41) is 10.4. The molecule has 3 aromatic rings. The highest BCUT2D eigenvalue weighted by Crippen LogP contribution is 2.25. The number of benzene rings is 2. The van der Waals surface area contributed by atoms with E-state index in [1.807, 2.05) is 67.1 Å². The molecule has 1 unspecified atom stereocenters. The van der Waals surface area contributed by atoms with Crippen LogP contribution in [0.2, 0.25) is 0 Å². The van der Waals surface area contributed by atoms with Crippen molar-refractivity contribution in [1.29, 1.82) is 0 Å². The number of rotatable bonds is 2. The lowest BCUT2D eigenvalue weighted by Gasteiger charge is -2.11. The van der Waals surface area contributed by atoms with Gasteiger partial charge in [-0.15, -0.1) is 0 Å². The van der Waals surface area contributed by atoms with Crippen LogP contribution < -0.4 is 0 Å². The molecule has 0 aliphatic rings. The van der Waals surface area contributed by atoms with Crippen LogP contribution in [0.4, 0.5) is 0 Å². The second-order valence-corrected chi connectivity index (χ2v) is 4.78. The van der Waals surface area contributed by atoms with Crippen molar-refractivity contribution in [3.8, 4) is 0 Å². The summed E-state index contributed by atoms with van der Waals surface area (Å²) in [4.78, 5) is 4.47. The predicted octanol–water partition coefficient (Wildman–Crippen LogP) is 2.96. The van der Waals surface area contributed by atoms with Crippen molar-refractivity contribution < 1.29 is 5.11 Å². The van der Waals surface area contributed by atoms with Crippen molar-refractivity contribution in [3.63, 3.8) is 0 Å². The van der Waals surface area contributed by atoms with E-state index in [2.05, 4.69) is 4.98 Å². The molecule has 0 fully saturated rings. The molecule has 0 spiro atoms. The van der Waals surface area contributed by atoms with Gasteiger partial charge in [0, 0.05) is 7.05 Å². The predicted molar refractivity (Wildman–Crippen MR) is 76.0 cm³/mol. The number of aliphatic hydroxyl groups excluding tert-OH is 1. The summed E-state index contributed by atoms with van der Waals surface area (Å²) in [7, 11) is 1.99. The number of hydrogen-bond acceptors (Lipinski definition) is 2. The first-order valence-electron chi connectivity index (χ1n) is 6.33. The van der Waals surface area contributed by atoms with E-state index in [4.69, 9.17) is 0 Å². The molecule has 1 heterocycles. The molecular formula is C16H16N2O. The Labute approximate surface area is 112 Å². The number of imidazole rings is 1. The zero-order chi connectivity index (χ0) is 13.4. The number of nitrogens with zero attached hydrogens (tertiary/aromatic N) is 2. The van der Waals surface area contributed by atoms with Gasteiger partial charge in [0.15, 0.2) is 0 Å². The molecule has 0 radical (unpaired) electrons. The second-order valence-electron chi connectivity index (χ2n) is 4.78. The number of fused-ring (bicyclic) bond motifs is 1. The van der Waals surface area contributed by atoms with Gasteiger partial charge >= 0.3 is 0 Å². The molecule has 0 saturated carbocycles. The van der Waals surface area contributed by atoms with Gasteiger partial charge in [0.05, 0.1) is 11.0 Å². The third-order valence-electron chi connectivity index (χ3n) is 3.56. The number of aliphatic hydroxyl groups is 1. The topological polar surface area (TPSA) is 38.1 Å². The highest BCUT2D eigenvalue weighted by molar-refractivity contribution is 5.77. The first kappa shape index (κ1) is 11.9. The molecule has 0 aliphatic heterocycles. The molecule has 0 aliphatic carbocycles. The maximum atomic E-state index is 10.4. The number of aromatic nitrogens is 2. The second kappa shape index (κ2) is 4.52. The molecule has 1 aromatic heterocycles. The van der Waals surface area contributed by atoms with Gasteiger partial charge in [0.2, 0.25) is 0 Å². The smallest absolute Gasteiger partial charge is 0.106 e. The molecule has 3 rings (SSSR count). The summed E-state index contributed by atoms with van der Waals surface area (Å²) in [6, 6.07) is 15.6. The van der Waals surface area contributed by atoms with E-state index in [1.165, 1.54) is 0 Å². The third-order valence-corrected chi connectivity index (χ3v) is 3.56. The summed E-state index contributed by atoms with van der Waals surface area (Å²) in [6.07, 6.45) is -0.596. The average Bonchev–Trinajstić information content (AvgIpc) is 2.74. The van der Waals surface area contributed by atoms with Gasteiger partial charge < -0.3 is 9.67 Å². The third kappa shape index (κ3) is 2.02. The fraction of sp³-hybridized carbons (Fsp3) is 0.188. The molecule has 0 amide bonds. The summed E-state index contributed by atoms with van der Waals surface area (Å²) in [6.45, 7) is 1.98. The van der Waals surface area contributed by atoms with Crippen LogP contribution in [0.5, 0.6) is 0 Å². The van der Waals surface area contributed by atoms with Crippen molar-refractivity contribution in [1.82, 2.24) is 9.55 Å². The van der Waals surface area contributed by atoms with Crippen molar-refractivity contribution in [3.05, 3.63) is 65.5 Å². The van der Waals surface area contributed by atoms with E-state index < -0.39 is 6.10 Å². The van der Waals surface area contributed by atoms with Crippen LogP contribution in [0.25, 0.3) is 11.0 Å². The minimum absolute atomic E-state index is 0.596.